The van der Waals surface area contributed by atoms with Crippen molar-refractivity contribution in [2.24, 2.45) is 23.3 Å². The maximum Gasteiger partial charge on any atom is 0.271 e. The molecule has 1 aromatic heterocycles. The third-order valence-electron chi connectivity index (χ3n) is 3.06. The fraction of sp³-hybridized carbons (Fsp3) is 0.643. The Labute approximate surface area is 129 Å². The third kappa shape index (κ3) is 5.09. The summed E-state index contributed by atoms with van der Waals surface area (Å²) in [6.45, 7) is 7.81. The summed E-state index contributed by atoms with van der Waals surface area (Å²) in [5.74, 6) is -0.564. The lowest BCUT2D eigenvalue weighted by Gasteiger charge is -2.18. The highest BCUT2D eigenvalue weighted by Gasteiger charge is 2.24. The number of rotatable bonds is 7. The SMILES string of the molecule is CC(C)CC(N)c1nc(C(=O)NC(C(N)=O)C(C)C)cs1. The van der Waals surface area contributed by atoms with E-state index in [4.69, 9.17) is 11.5 Å². The van der Waals surface area contributed by atoms with Crippen LogP contribution < -0.4 is 16.8 Å². The van der Waals surface area contributed by atoms with Gasteiger partial charge in [-0.3, -0.25) is 9.59 Å². The molecule has 1 aromatic rings. The van der Waals surface area contributed by atoms with E-state index in [0.29, 0.717) is 5.92 Å². The standard InChI is InChI=1S/C14H24N4O2S/c1-7(2)5-9(15)14-17-10(6-21-14)13(20)18-11(8(3)4)12(16)19/h6-9,11H,5,15H2,1-4H3,(H2,16,19)(H,18,20). The van der Waals surface area contributed by atoms with Gasteiger partial charge in [-0.15, -0.1) is 11.3 Å². The van der Waals surface area contributed by atoms with Crippen LogP contribution in [0.3, 0.4) is 0 Å². The van der Waals surface area contributed by atoms with Crippen LogP contribution in [0, 0.1) is 11.8 Å². The number of carbonyl (C=O) groups is 2. The van der Waals surface area contributed by atoms with Gasteiger partial charge in [-0.1, -0.05) is 27.7 Å². The molecule has 0 aliphatic heterocycles. The molecule has 118 valence electrons. The van der Waals surface area contributed by atoms with Gasteiger partial charge in [0.05, 0.1) is 6.04 Å². The first-order valence-corrected chi connectivity index (χ1v) is 7.91. The van der Waals surface area contributed by atoms with Gasteiger partial charge >= 0.3 is 0 Å². The molecule has 21 heavy (non-hydrogen) atoms. The fourth-order valence-corrected chi connectivity index (χ4v) is 2.77. The van der Waals surface area contributed by atoms with Gasteiger partial charge in [-0.05, 0) is 18.3 Å². The van der Waals surface area contributed by atoms with Crippen molar-refractivity contribution in [3.8, 4) is 0 Å². The molecule has 0 bridgehead atoms. The fourth-order valence-electron chi connectivity index (χ4n) is 1.95. The van der Waals surface area contributed by atoms with Crippen molar-refractivity contribution in [1.29, 1.82) is 0 Å². The minimum Gasteiger partial charge on any atom is -0.368 e. The maximum absolute atomic E-state index is 12.1. The number of aromatic nitrogens is 1. The summed E-state index contributed by atoms with van der Waals surface area (Å²) in [5, 5.41) is 5.00. The van der Waals surface area contributed by atoms with E-state index in [9.17, 15) is 9.59 Å². The number of primary amides is 1. The van der Waals surface area contributed by atoms with E-state index in [1.165, 1.54) is 11.3 Å². The molecule has 2 atom stereocenters. The first kappa shape index (κ1) is 17.6. The van der Waals surface area contributed by atoms with Gasteiger partial charge in [-0.25, -0.2) is 4.98 Å². The van der Waals surface area contributed by atoms with Crippen molar-refractivity contribution < 1.29 is 9.59 Å². The Hall–Kier alpha value is -1.47. The van der Waals surface area contributed by atoms with Crippen molar-refractivity contribution in [3.63, 3.8) is 0 Å². The van der Waals surface area contributed by atoms with E-state index < -0.39 is 17.9 Å². The first-order chi connectivity index (χ1) is 9.72. The Balaban J connectivity index is 2.76. The third-order valence-corrected chi connectivity index (χ3v) is 4.03. The molecule has 0 saturated heterocycles. The topological polar surface area (TPSA) is 111 Å². The summed E-state index contributed by atoms with van der Waals surface area (Å²) in [6, 6.07) is -0.874. The zero-order valence-corrected chi connectivity index (χ0v) is 13.7. The molecule has 1 heterocycles. The summed E-state index contributed by atoms with van der Waals surface area (Å²) in [4.78, 5) is 27.7. The van der Waals surface area contributed by atoms with E-state index in [1.54, 1.807) is 5.38 Å². The highest BCUT2D eigenvalue weighted by molar-refractivity contribution is 7.09. The van der Waals surface area contributed by atoms with E-state index in [2.05, 4.69) is 24.1 Å². The number of hydrogen-bond acceptors (Lipinski definition) is 5. The summed E-state index contributed by atoms with van der Waals surface area (Å²) in [5.41, 5.74) is 11.6. The van der Waals surface area contributed by atoms with E-state index in [-0.39, 0.29) is 17.7 Å². The van der Waals surface area contributed by atoms with E-state index >= 15 is 0 Å². The number of nitrogens with two attached hydrogens (primary N) is 2. The highest BCUT2D eigenvalue weighted by Crippen LogP contribution is 2.22. The molecular weight excluding hydrogens is 288 g/mol. The smallest absolute Gasteiger partial charge is 0.271 e. The molecule has 6 nitrogen and oxygen atoms in total. The highest BCUT2D eigenvalue weighted by atomic mass is 32.1. The molecule has 5 N–H and O–H groups in total. The van der Waals surface area contributed by atoms with Gasteiger partial charge in [0.2, 0.25) is 5.91 Å². The molecule has 0 spiro atoms. The zero-order valence-electron chi connectivity index (χ0n) is 12.9. The van der Waals surface area contributed by atoms with Crippen LogP contribution >= 0.6 is 11.3 Å². The quantitative estimate of drug-likeness (QED) is 0.707. The zero-order chi connectivity index (χ0) is 16.2. The van der Waals surface area contributed by atoms with Gasteiger partial charge in [0, 0.05) is 5.38 Å². The molecule has 0 saturated carbocycles. The maximum atomic E-state index is 12.1. The minimum atomic E-state index is -0.702. The second-order valence-electron chi connectivity index (χ2n) is 5.90. The lowest BCUT2D eigenvalue weighted by atomic mass is 10.0. The van der Waals surface area contributed by atoms with Crippen LogP contribution in [0.1, 0.15) is 55.7 Å². The number of hydrogen-bond donors (Lipinski definition) is 3. The molecule has 0 aromatic carbocycles. The van der Waals surface area contributed by atoms with Crippen LogP contribution in [-0.4, -0.2) is 22.8 Å². The van der Waals surface area contributed by atoms with E-state index in [1.807, 2.05) is 13.8 Å². The summed E-state index contributed by atoms with van der Waals surface area (Å²) in [6.07, 6.45) is 0.810. The predicted molar refractivity (Wildman–Crippen MR) is 83.8 cm³/mol. The normalized spacial score (nSPS) is 14.2. The van der Waals surface area contributed by atoms with Crippen LogP contribution in [0.15, 0.2) is 5.38 Å². The van der Waals surface area contributed by atoms with Crippen molar-refractivity contribution in [2.75, 3.05) is 0 Å². The Kier molecular flexibility index (Phi) is 6.29. The van der Waals surface area contributed by atoms with Crippen LogP contribution in [0.2, 0.25) is 0 Å². The largest absolute Gasteiger partial charge is 0.368 e. The van der Waals surface area contributed by atoms with Gasteiger partial charge in [0.15, 0.2) is 0 Å². The first-order valence-electron chi connectivity index (χ1n) is 7.03. The minimum absolute atomic E-state index is 0.0762. The summed E-state index contributed by atoms with van der Waals surface area (Å²) < 4.78 is 0. The van der Waals surface area contributed by atoms with E-state index in [0.717, 1.165) is 11.4 Å². The number of amides is 2. The number of thiazole rings is 1. The molecule has 0 fully saturated rings. The van der Waals surface area contributed by atoms with Crippen LogP contribution in [-0.2, 0) is 4.79 Å². The molecule has 2 amide bonds. The molecule has 0 radical (unpaired) electrons. The Morgan fingerprint density at radius 2 is 1.95 bits per heavy atom. The number of carbonyl (C=O) groups excluding carboxylic acids is 2. The molecule has 7 heteroatoms. The van der Waals surface area contributed by atoms with Crippen molar-refractivity contribution >= 4 is 23.2 Å². The van der Waals surface area contributed by atoms with Crippen LogP contribution in [0.5, 0.6) is 0 Å². The molecule has 1 rings (SSSR count). The lowest BCUT2D eigenvalue weighted by Crippen LogP contribution is -2.47. The van der Waals surface area contributed by atoms with Crippen molar-refractivity contribution in [3.05, 3.63) is 16.1 Å². The number of nitrogens with one attached hydrogen (secondary N) is 1. The van der Waals surface area contributed by atoms with Crippen molar-refractivity contribution in [2.45, 2.75) is 46.2 Å². The van der Waals surface area contributed by atoms with Gasteiger partial charge in [-0.2, -0.15) is 0 Å². The lowest BCUT2D eigenvalue weighted by molar-refractivity contribution is -0.120. The van der Waals surface area contributed by atoms with Gasteiger partial charge < -0.3 is 16.8 Å². The summed E-state index contributed by atoms with van der Waals surface area (Å²) >= 11 is 1.36. The van der Waals surface area contributed by atoms with Crippen LogP contribution in [0.25, 0.3) is 0 Å². The second-order valence-corrected chi connectivity index (χ2v) is 6.79. The average Bonchev–Trinajstić information content (AvgIpc) is 2.83. The van der Waals surface area contributed by atoms with Crippen LogP contribution in [0.4, 0.5) is 0 Å². The summed E-state index contributed by atoms with van der Waals surface area (Å²) in [7, 11) is 0. The second kappa shape index (κ2) is 7.51. The predicted octanol–water partition coefficient (Wildman–Crippen LogP) is 1.43. The molecule has 2 unspecified atom stereocenters. The monoisotopic (exact) mass is 312 g/mol. The Morgan fingerprint density at radius 3 is 2.43 bits per heavy atom. The van der Waals surface area contributed by atoms with Gasteiger partial charge in [0.25, 0.3) is 5.91 Å². The Bertz CT molecular complexity index is 499. The molecular formula is C14H24N4O2S. The molecule has 0 aliphatic rings. The Morgan fingerprint density at radius 1 is 1.33 bits per heavy atom. The molecule has 0 aliphatic carbocycles. The average molecular weight is 312 g/mol. The number of nitrogens with zero attached hydrogens (tertiary/aromatic N) is 1. The van der Waals surface area contributed by atoms with Crippen molar-refractivity contribution in [1.82, 2.24) is 10.3 Å². The van der Waals surface area contributed by atoms with Gasteiger partial charge in [0.1, 0.15) is 16.7 Å².